The average molecular weight is 203 g/mol. The van der Waals surface area contributed by atoms with Gasteiger partial charge in [0.05, 0.1) is 11.0 Å². The average Bonchev–Trinajstić information content (AvgIpc) is 2.54. The summed E-state index contributed by atoms with van der Waals surface area (Å²) in [4.78, 5) is 4.62. The first-order valence-corrected chi connectivity index (χ1v) is 5.51. The molecular formula is C12H17N3. The van der Waals surface area contributed by atoms with Crippen LogP contribution in [0.4, 0.5) is 5.69 Å². The van der Waals surface area contributed by atoms with Crippen LogP contribution in [-0.2, 0) is 13.0 Å². The summed E-state index contributed by atoms with van der Waals surface area (Å²) in [6.45, 7) is 5.29. The maximum absolute atomic E-state index is 5.75. The van der Waals surface area contributed by atoms with Gasteiger partial charge >= 0.3 is 0 Å². The molecule has 1 aromatic carbocycles. The number of imidazole rings is 1. The third-order valence-electron chi connectivity index (χ3n) is 2.64. The van der Waals surface area contributed by atoms with Gasteiger partial charge in [-0.3, -0.25) is 0 Å². The first kappa shape index (κ1) is 10.0. The zero-order chi connectivity index (χ0) is 10.8. The molecule has 2 N–H and O–H groups in total. The van der Waals surface area contributed by atoms with Gasteiger partial charge in [0, 0.05) is 18.7 Å². The fourth-order valence-electron chi connectivity index (χ4n) is 1.96. The number of hydrogen-bond donors (Lipinski definition) is 1. The molecule has 0 spiro atoms. The molecule has 0 atom stereocenters. The van der Waals surface area contributed by atoms with E-state index in [2.05, 4.69) is 29.5 Å². The fourth-order valence-corrected chi connectivity index (χ4v) is 1.96. The molecule has 0 aliphatic rings. The molecule has 0 unspecified atom stereocenters. The lowest BCUT2D eigenvalue weighted by molar-refractivity contribution is 0.700. The van der Waals surface area contributed by atoms with Crippen LogP contribution in [0.3, 0.4) is 0 Å². The van der Waals surface area contributed by atoms with Crippen molar-refractivity contribution in [1.29, 1.82) is 0 Å². The second-order valence-electron chi connectivity index (χ2n) is 3.77. The van der Waals surface area contributed by atoms with Crippen molar-refractivity contribution in [2.24, 2.45) is 0 Å². The highest BCUT2D eigenvalue weighted by Crippen LogP contribution is 2.19. The first-order chi connectivity index (χ1) is 7.26. The van der Waals surface area contributed by atoms with Gasteiger partial charge in [0.2, 0.25) is 0 Å². The quantitative estimate of drug-likeness (QED) is 0.779. The third-order valence-corrected chi connectivity index (χ3v) is 2.64. The van der Waals surface area contributed by atoms with Gasteiger partial charge in [-0.1, -0.05) is 6.92 Å². The summed E-state index contributed by atoms with van der Waals surface area (Å²) in [6.07, 6.45) is 2.15. The minimum absolute atomic E-state index is 0.784. The van der Waals surface area contributed by atoms with E-state index in [-0.39, 0.29) is 0 Å². The van der Waals surface area contributed by atoms with E-state index < -0.39 is 0 Å². The van der Waals surface area contributed by atoms with E-state index in [4.69, 9.17) is 5.73 Å². The molecule has 0 amide bonds. The predicted octanol–water partition coefficient (Wildman–Crippen LogP) is 2.59. The van der Waals surface area contributed by atoms with Crippen molar-refractivity contribution in [3.05, 3.63) is 24.0 Å². The van der Waals surface area contributed by atoms with E-state index in [1.807, 2.05) is 12.1 Å². The lowest BCUT2D eigenvalue weighted by atomic mass is 10.3. The predicted molar refractivity (Wildman–Crippen MR) is 63.8 cm³/mol. The monoisotopic (exact) mass is 203 g/mol. The molecule has 2 rings (SSSR count). The van der Waals surface area contributed by atoms with Crippen molar-refractivity contribution in [3.63, 3.8) is 0 Å². The minimum Gasteiger partial charge on any atom is -0.399 e. The summed E-state index contributed by atoms with van der Waals surface area (Å²) < 4.78 is 2.26. The number of anilines is 1. The van der Waals surface area contributed by atoms with Gasteiger partial charge < -0.3 is 10.3 Å². The number of aryl methyl sites for hydroxylation is 2. The summed E-state index contributed by atoms with van der Waals surface area (Å²) in [5.41, 5.74) is 8.74. The Balaban J connectivity index is 2.62. The Kier molecular flexibility index (Phi) is 2.62. The highest BCUT2D eigenvalue weighted by atomic mass is 15.1. The third kappa shape index (κ3) is 1.69. The van der Waals surface area contributed by atoms with Gasteiger partial charge in [-0.2, -0.15) is 0 Å². The zero-order valence-corrected chi connectivity index (χ0v) is 9.33. The van der Waals surface area contributed by atoms with Crippen molar-refractivity contribution < 1.29 is 0 Å². The molecule has 2 aromatic rings. The fraction of sp³-hybridized carbons (Fsp3) is 0.417. The Labute approximate surface area is 89.9 Å². The highest BCUT2D eigenvalue weighted by molar-refractivity contribution is 5.79. The van der Waals surface area contributed by atoms with Gasteiger partial charge in [0.1, 0.15) is 5.82 Å². The second-order valence-corrected chi connectivity index (χ2v) is 3.77. The van der Waals surface area contributed by atoms with Crippen LogP contribution in [0.5, 0.6) is 0 Å². The van der Waals surface area contributed by atoms with Crippen LogP contribution in [-0.4, -0.2) is 9.55 Å². The van der Waals surface area contributed by atoms with Crippen molar-refractivity contribution in [1.82, 2.24) is 9.55 Å². The molecule has 0 bridgehead atoms. The molecule has 3 nitrogen and oxygen atoms in total. The Morgan fingerprint density at radius 2 is 2.13 bits per heavy atom. The van der Waals surface area contributed by atoms with Crippen LogP contribution in [0.2, 0.25) is 0 Å². The topological polar surface area (TPSA) is 43.8 Å². The molecule has 1 heterocycles. The number of nitrogens with two attached hydrogens (primary N) is 1. The highest BCUT2D eigenvalue weighted by Gasteiger charge is 2.08. The van der Waals surface area contributed by atoms with Crippen LogP contribution >= 0.6 is 0 Å². The molecule has 1 aromatic heterocycles. The van der Waals surface area contributed by atoms with E-state index in [0.717, 1.165) is 30.6 Å². The smallest absolute Gasteiger partial charge is 0.109 e. The Bertz CT molecular complexity index is 471. The number of nitrogens with zero attached hydrogens (tertiary/aromatic N) is 2. The molecule has 80 valence electrons. The lowest BCUT2D eigenvalue weighted by Crippen LogP contribution is -2.00. The van der Waals surface area contributed by atoms with E-state index in [9.17, 15) is 0 Å². The van der Waals surface area contributed by atoms with Crippen LogP contribution in [0.1, 0.15) is 26.1 Å². The van der Waals surface area contributed by atoms with Crippen LogP contribution in [0, 0.1) is 0 Å². The molecule has 0 fully saturated rings. The van der Waals surface area contributed by atoms with Crippen LogP contribution in [0.25, 0.3) is 11.0 Å². The Hall–Kier alpha value is -1.51. The largest absolute Gasteiger partial charge is 0.399 e. The standard InChI is InChI=1S/C12H17N3/c1-3-5-12-14-10-8-9(13)6-7-11(10)15(12)4-2/h6-8H,3-5,13H2,1-2H3. The summed E-state index contributed by atoms with van der Waals surface area (Å²) >= 11 is 0. The molecule has 0 radical (unpaired) electrons. The van der Waals surface area contributed by atoms with E-state index >= 15 is 0 Å². The van der Waals surface area contributed by atoms with E-state index in [1.54, 1.807) is 0 Å². The molecule has 0 saturated heterocycles. The van der Waals surface area contributed by atoms with Crippen molar-refractivity contribution in [3.8, 4) is 0 Å². The van der Waals surface area contributed by atoms with Crippen LogP contribution < -0.4 is 5.73 Å². The number of hydrogen-bond acceptors (Lipinski definition) is 2. The van der Waals surface area contributed by atoms with Crippen LogP contribution in [0.15, 0.2) is 18.2 Å². The minimum atomic E-state index is 0.784. The molecule has 15 heavy (non-hydrogen) atoms. The normalized spacial score (nSPS) is 11.1. The van der Waals surface area contributed by atoms with Crippen molar-refractivity contribution in [2.75, 3.05) is 5.73 Å². The Morgan fingerprint density at radius 1 is 1.33 bits per heavy atom. The van der Waals surface area contributed by atoms with E-state index in [1.165, 1.54) is 11.3 Å². The lowest BCUT2D eigenvalue weighted by Gasteiger charge is -2.04. The van der Waals surface area contributed by atoms with Gasteiger partial charge in [0.25, 0.3) is 0 Å². The first-order valence-electron chi connectivity index (χ1n) is 5.51. The molecule has 0 aliphatic carbocycles. The summed E-state index contributed by atoms with van der Waals surface area (Å²) in [7, 11) is 0. The zero-order valence-electron chi connectivity index (χ0n) is 9.33. The summed E-state index contributed by atoms with van der Waals surface area (Å²) in [5, 5.41) is 0. The van der Waals surface area contributed by atoms with Gasteiger partial charge in [-0.25, -0.2) is 4.98 Å². The van der Waals surface area contributed by atoms with Gasteiger partial charge in [-0.15, -0.1) is 0 Å². The summed E-state index contributed by atoms with van der Waals surface area (Å²) in [6, 6.07) is 5.94. The van der Waals surface area contributed by atoms with Crippen molar-refractivity contribution in [2.45, 2.75) is 33.2 Å². The second kappa shape index (κ2) is 3.93. The van der Waals surface area contributed by atoms with Gasteiger partial charge in [-0.05, 0) is 31.5 Å². The maximum Gasteiger partial charge on any atom is 0.109 e. The number of benzene rings is 1. The molecule has 3 heteroatoms. The maximum atomic E-state index is 5.75. The van der Waals surface area contributed by atoms with E-state index in [0.29, 0.717) is 0 Å². The molecule has 0 saturated carbocycles. The number of aromatic nitrogens is 2. The SMILES string of the molecule is CCCc1nc2cc(N)ccc2n1CC. The Morgan fingerprint density at radius 3 is 2.80 bits per heavy atom. The number of fused-ring (bicyclic) bond motifs is 1. The molecular weight excluding hydrogens is 186 g/mol. The summed E-state index contributed by atoms with van der Waals surface area (Å²) in [5.74, 6) is 1.17. The molecule has 0 aliphatic heterocycles. The van der Waals surface area contributed by atoms with Gasteiger partial charge in [0.15, 0.2) is 0 Å². The number of rotatable bonds is 3. The van der Waals surface area contributed by atoms with Crippen molar-refractivity contribution >= 4 is 16.7 Å². The number of nitrogen functional groups attached to an aromatic ring is 1.